The van der Waals surface area contributed by atoms with Crippen molar-refractivity contribution in [3.8, 4) is 0 Å². The van der Waals surface area contributed by atoms with E-state index >= 15 is 0 Å². The van der Waals surface area contributed by atoms with Gasteiger partial charge in [-0.3, -0.25) is 9.48 Å². The Hall–Kier alpha value is -2.20. The highest BCUT2D eigenvalue weighted by atomic mass is 32.2. The molecular formula is C15H21N5O4S. The van der Waals surface area contributed by atoms with E-state index in [2.05, 4.69) is 20.3 Å². The van der Waals surface area contributed by atoms with Crippen LogP contribution >= 0.6 is 0 Å². The first kappa shape index (κ1) is 17.6. The molecule has 3 rings (SSSR count). The first-order valence-electron chi connectivity index (χ1n) is 8.01. The van der Waals surface area contributed by atoms with E-state index in [1.807, 2.05) is 0 Å². The second-order valence-electron chi connectivity index (χ2n) is 6.24. The number of nitrogens with one attached hydrogen (secondary N) is 2. The number of amides is 1. The number of anilines is 1. The summed E-state index contributed by atoms with van der Waals surface area (Å²) in [5, 5.41) is 10.8. The molecule has 0 radical (unpaired) electrons. The Balaban J connectivity index is 1.76. The lowest BCUT2D eigenvalue weighted by Crippen LogP contribution is -2.42. The van der Waals surface area contributed by atoms with Crippen LogP contribution in [0.1, 0.15) is 36.1 Å². The third kappa shape index (κ3) is 3.19. The van der Waals surface area contributed by atoms with Crippen LogP contribution in [0.3, 0.4) is 0 Å². The Morgan fingerprint density at radius 1 is 1.32 bits per heavy atom. The van der Waals surface area contributed by atoms with E-state index in [4.69, 9.17) is 4.52 Å². The maximum atomic E-state index is 12.5. The molecule has 0 fully saturated rings. The van der Waals surface area contributed by atoms with Gasteiger partial charge in [0.15, 0.2) is 5.76 Å². The van der Waals surface area contributed by atoms with Crippen molar-refractivity contribution in [2.24, 2.45) is 7.05 Å². The Kier molecular flexibility index (Phi) is 4.41. The zero-order chi connectivity index (χ0) is 18.4. The number of carbonyl (C=O) groups excluding carboxylic acids is 1. The zero-order valence-corrected chi connectivity index (χ0v) is 15.4. The molecule has 0 aromatic carbocycles. The summed E-state index contributed by atoms with van der Waals surface area (Å²) >= 11 is 0. The molecule has 10 heteroatoms. The van der Waals surface area contributed by atoms with Crippen LogP contribution in [0.2, 0.25) is 0 Å². The number of hydrogen-bond acceptors (Lipinski definition) is 6. The Labute approximate surface area is 145 Å². The molecule has 1 aliphatic carbocycles. The Bertz CT molecular complexity index is 909. The number of fused-ring (bicyclic) bond motifs is 1. The maximum Gasteiger partial charge on any atom is 0.246 e. The van der Waals surface area contributed by atoms with Crippen molar-refractivity contribution in [2.45, 2.75) is 51.0 Å². The van der Waals surface area contributed by atoms with Crippen LogP contribution in [0.25, 0.3) is 0 Å². The van der Waals surface area contributed by atoms with Crippen molar-refractivity contribution >= 4 is 21.7 Å². The zero-order valence-electron chi connectivity index (χ0n) is 14.6. The fourth-order valence-electron chi connectivity index (χ4n) is 3.10. The number of aromatic nitrogens is 3. The van der Waals surface area contributed by atoms with Crippen molar-refractivity contribution < 1.29 is 17.7 Å². The lowest BCUT2D eigenvalue weighted by molar-refractivity contribution is -0.117. The topological polar surface area (TPSA) is 119 Å². The number of hydrogen-bond donors (Lipinski definition) is 2. The van der Waals surface area contributed by atoms with Crippen LogP contribution in [0.15, 0.2) is 9.42 Å². The molecule has 0 spiro atoms. The molecule has 0 saturated heterocycles. The van der Waals surface area contributed by atoms with Crippen LogP contribution in [-0.4, -0.2) is 35.3 Å². The quantitative estimate of drug-likeness (QED) is 0.807. The van der Waals surface area contributed by atoms with E-state index in [0.717, 1.165) is 30.5 Å². The summed E-state index contributed by atoms with van der Waals surface area (Å²) in [4.78, 5) is 12.4. The van der Waals surface area contributed by atoms with Gasteiger partial charge >= 0.3 is 0 Å². The average Bonchev–Trinajstić information content (AvgIpc) is 3.16. The van der Waals surface area contributed by atoms with E-state index in [0.29, 0.717) is 5.82 Å². The smallest absolute Gasteiger partial charge is 0.246 e. The summed E-state index contributed by atoms with van der Waals surface area (Å²) < 4.78 is 33.9. The minimum Gasteiger partial charge on any atom is -0.360 e. The summed E-state index contributed by atoms with van der Waals surface area (Å²) in [6.07, 6.45) is 2.76. The summed E-state index contributed by atoms with van der Waals surface area (Å²) in [7, 11) is -2.16. The van der Waals surface area contributed by atoms with Crippen molar-refractivity contribution in [2.75, 3.05) is 5.32 Å². The third-order valence-electron chi connectivity index (χ3n) is 4.27. The van der Waals surface area contributed by atoms with E-state index in [-0.39, 0.29) is 16.3 Å². The molecule has 9 nitrogen and oxygen atoms in total. The van der Waals surface area contributed by atoms with Crippen molar-refractivity contribution in [3.05, 3.63) is 22.7 Å². The predicted octanol–water partition coefficient (Wildman–Crippen LogP) is 0.819. The number of nitrogens with zero attached hydrogens (tertiary/aromatic N) is 3. The van der Waals surface area contributed by atoms with Gasteiger partial charge < -0.3 is 9.84 Å². The summed E-state index contributed by atoms with van der Waals surface area (Å²) in [6.45, 7) is 4.54. The van der Waals surface area contributed by atoms with Gasteiger partial charge in [0.1, 0.15) is 16.4 Å². The molecule has 2 aromatic rings. The van der Waals surface area contributed by atoms with Gasteiger partial charge in [-0.15, -0.1) is 0 Å². The summed E-state index contributed by atoms with van der Waals surface area (Å²) in [6, 6.07) is -0.967. The average molecular weight is 367 g/mol. The Morgan fingerprint density at radius 2 is 2.04 bits per heavy atom. The molecule has 2 N–H and O–H groups in total. The van der Waals surface area contributed by atoms with E-state index in [1.165, 1.54) is 20.8 Å². The molecule has 0 aliphatic heterocycles. The molecule has 0 unspecified atom stereocenters. The molecular weight excluding hydrogens is 346 g/mol. The lowest BCUT2D eigenvalue weighted by atomic mass is 10.2. The van der Waals surface area contributed by atoms with Gasteiger partial charge in [0.05, 0.1) is 11.7 Å². The van der Waals surface area contributed by atoms with Crippen molar-refractivity contribution in [1.29, 1.82) is 0 Å². The van der Waals surface area contributed by atoms with Crippen LogP contribution in [-0.2, 0) is 34.7 Å². The van der Waals surface area contributed by atoms with Gasteiger partial charge in [-0.2, -0.15) is 9.82 Å². The van der Waals surface area contributed by atoms with Gasteiger partial charge in [0, 0.05) is 12.6 Å². The van der Waals surface area contributed by atoms with Gasteiger partial charge in [-0.1, -0.05) is 5.16 Å². The standard InChI is InChI=1S/C15H21N5O4S/c1-8-13(10(3)24-18-8)25(22,23)19-9(2)15(21)16-14-11-6-5-7-12(11)17-20(14)4/h9,19H,5-7H2,1-4H3,(H,16,21)/t9-/m0/s1. The van der Waals surface area contributed by atoms with E-state index in [9.17, 15) is 13.2 Å². The van der Waals surface area contributed by atoms with Gasteiger partial charge in [-0.05, 0) is 40.0 Å². The molecule has 0 bridgehead atoms. The maximum absolute atomic E-state index is 12.5. The minimum atomic E-state index is -3.91. The molecule has 1 amide bonds. The van der Waals surface area contributed by atoms with Crippen LogP contribution in [0.4, 0.5) is 5.82 Å². The van der Waals surface area contributed by atoms with Crippen LogP contribution in [0.5, 0.6) is 0 Å². The van der Waals surface area contributed by atoms with E-state index in [1.54, 1.807) is 11.7 Å². The first-order valence-corrected chi connectivity index (χ1v) is 9.50. The van der Waals surface area contributed by atoms with Gasteiger partial charge in [-0.25, -0.2) is 8.42 Å². The van der Waals surface area contributed by atoms with Gasteiger partial charge in [0.2, 0.25) is 15.9 Å². The molecule has 136 valence electrons. The number of carbonyl (C=O) groups is 1. The number of aryl methyl sites for hydroxylation is 4. The van der Waals surface area contributed by atoms with Crippen molar-refractivity contribution in [3.63, 3.8) is 0 Å². The molecule has 2 aromatic heterocycles. The monoisotopic (exact) mass is 367 g/mol. The summed E-state index contributed by atoms with van der Waals surface area (Å²) in [5.41, 5.74) is 2.26. The molecule has 1 atom stereocenters. The largest absolute Gasteiger partial charge is 0.360 e. The second kappa shape index (κ2) is 6.26. The highest BCUT2D eigenvalue weighted by Gasteiger charge is 2.29. The second-order valence-corrected chi connectivity index (χ2v) is 7.89. The number of rotatable bonds is 5. The summed E-state index contributed by atoms with van der Waals surface area (Å²) in [5.74, 6) is 0.357. The highest BCUT2D eigenvalue weighted by molar-refractivity contribution is 7.89. The molecule has 1 aliphatic rings. The number of sulfonamides is 1. The normalized spacial score (nSPS) is 15.2. The predicted molar refractivity (Wildman–Crippen MR) is 89.6 cm³/mol. The molecule has 0 saturated carbocycles. The highest BCUT2D eigenvalue weighted by Crippen LogP contribution is 2.28. The third-order valence-corrected chi connectivity index (χ3v) is 6.06. The molecule has 25 heavy (non-hydrogen) atoms. The SMILES string of the molecule is Cc1noc(C)c1S(=O)(=O)N[C@@H](C)C(=O)Nc1c2c(nn1C)CCC2. The molecule has 2 heterocycles. The van der Waals surface area contributed by atoms with Gasteiger partial charge in [0.25, 0.3) is 0 Å². The fraction of sp³-hybridized carbons (Fsp3) is 0.533. The first-order chi connectivity index (χ1) is 11.7. The minimum absolute atomic E-state index is 0.0337. The van der Waals surface area contributed by atoms with Crippen LogP contribution in [0, 0.1) is 13.8 Å². The van der Waals surface area contributed by atoms with E-state index < -0.39 is 22.0 Å². The van der Waals surface area contributed by atoms with Crippen LogP contribution < -0.4 is 10.0 Å². The fourth-order valence-corrected chi connectivity index (χ4v) is 4.64. The lowest BCUT2D eigenvalue weighted by Gasteiger charge is -2.15. The van der Waals surface area contributed by atoms with Crippen molar-refractivity contribution in [1.82, 2.24) is 19.7 Å². The Morgan fingerprint density at radius 3 is 2.68 bits per heavy atom.